The van der Waals surface area contributed by atoms with Crippen molar-refractivity contribution in [3.8, 4) is 0 Å². The van der Waals surface area contributed by atoms with Gasteiger partial charge in [-0.05, 0) is 43.9 Å². The average molecular weight is 341 g/mol. The zero-order valence-electron chi connectivity index (χ0n) is 14.5. The molecule has 1 unspecified atom stereocenters. The second-order valence-corrected chi connectivity index (χ2v) is 6.17. The number of rotatable bonds is 3. The number of anilines is 1. The predicted octanol–water partition coefficient (Wildman–Crippen LogP) is 2.84. The molecule has 1 saturated heterocycles. The summed E-state index contributed by atoms with van der Waals surface area (Å²) in [5.74, 6) is 0.644. The Labute approximate surface area is 146 Å². The van der Waals surface area contributed by atoms with Gasteiger partial charge < -0.3 is 20.5 Å². The number of hydrogen-bond acceptors (Lipinski definition) is 3. The molecule has 1 aromatic heterocycles. The number of nitrogens with zero attached hydrogens (tertiary/aromatic N) is 2. The van der Waals surface area contributed by atoms with Crippen LogP contribution in [0.25, 0.3) is 0 Å². The SMILES string of the molecule is CNC(=O)c1cccc(NC(=O)N2CCCCC2c2ncc[nH]2)c1C. The van der Waals surface area contributed by atoms with Gasteiger partial charge in [0.2, 0.25) is 0 Å². The third-order valence-electron chi connectivity index (χ3n) is 4.65. The van der Waals surface area contributed by atoms with Gasteiger partial charge in [-0.3, -0.25) is 4.79 Å². The molecule has 132 valence electrons. The van der Waals surface area contributed by atoms with Gasteiger partial charge in [-0.2, -0.15) is 0 Å². The summed E-state index contributed by atoms with van der Waals surface area (Å²) >= 11 is 0. The van der Waals surface area contributed by atoms with Gasteiger partial charge in [0.15, 0.2) is 0 Å². The highest BCUT2D eigenvalue weighted by Gasteiger charge is 2.30. The first kappa shape index (κ1) is 17.0. The molecule has 1 aliphatic heterocycles. The largest absolute Gasteiger partial charge is 0.355 e. The lowest BCUT2D eigenvalue weighted by Gasteiger charge is -2.34. The number of benzene rings is 1. The predicted molar refractivity (Wildman–Crippen MR) is 95.5 cm³/mol. The molecule has 3 rings (SSSR count). The van der Waals surface area contributed by atoms with Gasteiger partial charge in [-0.1, -0.05) is 6.07 Å². The van der Waals surface area contributed by atoms with E-state index in [1.54, 1.807) is 31.6 Å². The van der Waals surface area contributed by atoms with Crippen LogP contribution in [0.2, 0.25) is 0 Å². The van der Waals surface area contributed by atoms with Crippen molar-refractivity contribution in [3.63, 3.8) is 0 Å². The molecule has 0 saturated carbocycles. The van der Waals surface area contributed by atoms with E-state index in [1.807, 2.05) is 17.9 Å². The molecule has 0 radical (unpaired) electrons. The molecule has 1 aromatic carbocycles. The van der Waals surface area contributed by atoms with Gasteiger partial charge in [-0.25, -0.2) is 9.78 Å². The summed E-state index contributed by atoms with van der Waals surface area (Å²) in [5.41, 5.74) is 1.96. The molecule has 2 heterocycles. The fourth-order valence-electron chi connectivity index (χ4n) is 3.26. The van der Waals surface area contributed by atoms with Gasteiger partial charge in [0.25, 0.3) is 5.91 Å². The van der Waals surface area contributed by atoms with Crippen LogP contribution in [-0.2, 0) is 0 Å². The van der Waals surface area contributed by atoms with E-state index >= 15 is 0 Å². The Balaban J connectivity index is 1.80. The number of carbonyl (C=O) groups excluding carboxylic acids is 2. The smallest absolute Gasteiger partial charge is 0.322 e. The third-order valence-corrected chi connectivity index (χ3v) is 4.65. The number of aromatic amines is 1. The maximum Gasteiger partial charge on any atom is 0.322 e. The quantitative estimate of drug-likeness (QED) is 0.802. The first-order chi connectivity index (χ1) is 12.1. The summed E-state index contributed by atoms with van der Waals surface area (Å²) in [5, 5.41) is 5.57. The Bertz CT molecular complexity index is 757. The lowest BCUT2D eigenvalue weighted by atomic mass is 10.0. The minimum atomic E-state index is -0.168. The van der Waals surface area contributed by atoms with E-state index in [4.69, 9.17) is 0 Å². The molecule has 3 amide bonds. The topological polar surface area (TPSA) is 90.1 Å². The zero-order valence-corrected chi connectivity index (χ0v) is 14.5. The summed E-state index contributed by atoms with van der Waals surface area (Å²) in [6, 6.07) is 5.11. The van der Waals surface area contributed by atoms with Crippen LogP contribution in [0.5, 0.6) is 0 Å². The van der Waals surface area contributed by atoms with Crippen LogP contribution in [0.3, 0.4) is 0 Å². The number of urea groups is 1. The zero-order chi connectivity index (χ0) is 17.8. The summed E-state index contributed by atoms with van der Waals surface area (Å²) in [7, 11) is 1.59. The van der Waals surface area contributed by atoms with Gasteiger partial charge in [0.05, 0.1) is 6.04 Å². The van der Waals surface area contributed by atoms with Crippen molar-refractivity contribution in [2.75, 3.05) is 18.9 Å². The fourth-order valence-corrected chi connectivity index (χ4v) is 3.26. The first-order valence-corrected chi connectivity index (χ1v) is 8.50. The summed E-state index contributed by atoms with van der Waals surface area (Å²) in [6.45, 7) is 2.52. The third kappa shape index (κ3) is 3.50. The van der Waals surface area contributed by atoms with Crippen LogP contribution in [-0.4, -0.2) is 40.4 Å². The maximum absolute atomic E-state index is 12.8. The Morgan fingerprint density at radius 3 is 2.88 bits per heavy atom. The van der Waals surface area contributed by atoms with Crippen molar-refractivity contribution in [2.45, 2.75) is 32.2 Å². The number of amides is 3. The minimum Gasteiger partial charge on any atom is -0.355 e. The van der Waals surface area contributed by atoms with Gasteiger partial charge in [-0.15, -0.1) is 0 Å². The summed E-state index contributed by atoms with van der Waals surface area (Å²) < 4.78 is 0. The lowest BCUT2D eigenvalue weighted by molar-refractivity contribution is 0.0962. The number of aromatic nitrogens is 2. The second-order valence-electron chi connectivity index (χ2n) is 6.17. The Morgan fingerprint density at radius 2 is 2.16 bits per heavy atom. The van der Waals surface area contributed by atoms with Crippen LogP contribution >= 0.6 is 0 Å². The van der Waals surface area contributed by atoms with Crippen LogP contribution < -0.4 is 10.6 Å². The number of likely N-dealkylation sites (tertiary alicyclic amines) is 1. The van der Waals surface area contributed by atoms with E-state index in [1.165, 1.54) is 0 Å². The molecule has 0 spiro atoms. The lowest BCUT2D eigenvalue weighted by Crippen LogP contribution is -2.41. The molecule has 25 heavy (non-hydrogen) atoms. The number of imidazole rings is 1. The number of piperidine rings is 1. The first-order valence-electron chi connectivity index (χ1n) is 8.50. The van der Waals surface area contributed by atoms with E-state index in [0.717, 1.165) is 30.7 Å². The second kappa shape index (κ2) is 7.38. The van der Waals surface area contributed by atoms with E-state index in [0.29, 0.717) is 17.8 Å². The van der Waals surface area contributed by atoms with Gasteiger partial charge in [0, 0.05) is 37.2 Å². The molecule has 7 heteroatoms. The van der Waals surface area contributed by atoms with Crippen molar-refractivity contribution in [1.29, 1.82) is 0 Å². The van der Waals surface area contributed by atoms with E-state index in [9.17, 15) is 9.59 Å². The van der Waals surface area contributed by atoms with Crippen molar-refractivity contribution >= 4 is 17.6 Å². The molecule has 0 aliphatic carbocycles. The summed E-state index contributed by atoms with van der Waals surface area (Å²) in [6.07, 6.45) is 6.41. The number of hydrogen-bond donors (Lipinski definition) is 3. The molecular weight excluding hydrogens is 318 g/mol. The Morgan fingerprint density at radius 1 is 1.32 bits per heavy atom. The van der Waals surface area contributed by atoms with Crippen molar-refractivity contribution < 1.29 is 9.59 Å². The molecule has 1 aliphatic rings. The molecule has 3 N–H and O–H groups in total. The number of carbonyl (C=O) groups is 2. The molecular formula is C18H23N5O2. The molecule has 1 fully saturated rings. The van der Waals surface area contributed by atoms with E-state index in [2.05, 4.69) is 20.6 Å². The average Bonchev–Trinajstić information content (AvgIpc) is 3.17. The highest BCUT2D eigenvalue weighted by Crippen LogP contribution is 2.30. The molecule has 0 bridgehead atoms. The Kier molecular flexibility index (Phi) is 5.02. The van der Waals surface area contributed by atoms with Gasteiger partial charge >= 0.3 is 6.03 Å². The van der Waals surface area contributed by atoms with Crippen LogP contribution in [0.4, 0.5) is 10.5 Å². The van der Waals surface area contributed by atoms with E-state index < -0.39 is 0 Å². The Hall–Kier alpha value is -2.83. The van der Waals surface area contributed by atoms with Gasteiger partial charge in [0.1, 0.15) is 5.82 Å². The number of H-pyrrole nitrogens is 1. The van der Waals surface area contributed by atoms with Crippen LogP contribution in [0.1, 0.15) is 47.1 Å². The highest BCUT2D eigenvalue weighted by atomic mass is 16.2. The van der Waals surface area contributed by atoms with Crippen LogP contribution in [0.15, 0.2) is 30.6 Å². The fraction of sp³-hybridized carbons (Fsp3) is 0.389. The van der Waals surface area contributed by atoms with Crippen molar-refractivity contribution in [1.82, 2.24) is 20.2 Å². The van der Waals surface area contributed by atoms with Crippen molar-refractivity contribution in [2.24, 2.45) is 0 Å². The molecule has 7 nitrogen and oxygen atoms in total. The minimum absolute atomic E-state index is 0.0498. The molecule has 2 aromatic rings. The normalized spacial score (nSPS) is 17.2. The van der Waals surface area contributed by atoms with Crippen molar-refractivity contribution in [3.05, 3.63) is 47.5 Å². The molecule has 1 atom stereocenters. The van der Waals surface area contributed by atoms with E-state index in [-0.39, 0.29) is 18.0 Å². The number of nitrogens with one attached hydrogen (secondary N) is 3. The highest BCUT2D eigenvalue weighted by molar-refractivity contribution is 5.99. The standard InChI is InChI=1S/C18H23N5O2/c1-12-13(17(24)19-2)6-5-7-14(12)22-18(25)23-11-4-3-8-15(23)16-20-9-10-21-16/h5-7,9-10,15H,3-4,8,11H2,1-2H3,(H,19,24)(H,20,21)(H,22,25). The van der Waals surface area contributed by atoms with Crippen LogP contribution in [0, 0.1) is 6.92 Å². The maximum atomic E-state index is 12.8. The summed E-state index contributed by atoms with van der Waals surface area (Å²) in [4.78, 5) is 34.0. The monoisotopic (exact) mass is 341 g/mol.